The molecule has 0 radical (unpaired) electrons. The van der Waals surface area contributed by atoms with E-state index in [0.29, 0.717) is 0 Å². The van der Waals surface area contributed by atoms with Crippen molar-refractivity contribution in [2.45, 2.75) is 75.3 Å². The van der Waals surface area contributed by atoms with Gasteiger partial charge < -0.3 is 45.5 Å². The molecule has 12 heteroatoms. The van der Waals surface area contributed by atoms with Crippen LogP contribution in [0.2, 0.25) is 0 Å². The Labute approximate surface area is 228 Å². The predicted molar refractivity (Wildman–Crippen MR) is 136 cm³/mol. The number of methoxy groups -OCH3 is 1. The fraction of sp³-hybridized carbons (Fsp3) is 0.464. The number of carbonyl (C=O) groups excluding carboxylic acids is 3. The molecule has 0 saturated carbocycles. The first-order valence-corrected chi connectivity index (χ1v) is 12.9. The van der Waals surface area contributed by atoms with Crippen molar-refractivity contribution in [2.75, 3.05) is 7.11 Å². The Kier molecular flexibility index (Phi) is 6.87. The quantitative estimate of drug-likeness (QED) is 0.198. The molecular weight excluding hydrogens is 526 g/mol. The smallest absolute Gasteiger partial charge is 0.316 e. The molecule has 3 aliphatic rings. The third-order valence-corrected chi connectivity index (χ3v) is 8.29. The fourth-order valence-corrected chi connectivity index (χ4v) is 6.13. The summed E-state index contributed by atoms with van der Waals surface area (Å²) in [7, 11) is 1.09. The minimum atomic E-state index is -1.87. The van der Waals surface area contributed by atoms with Gasteiger partial charge in [-0.05, 0) is 19.4 Å². The third-order valence-electron chi connectivity index (χ3n) is 8.29. The molecule has 1 heterocycles. The number of aromatic hydroxyl groups is 3. The highest BCUT2D eigenvalue weighted by molar-refractivity contribution is 6.31. The first-order valence-electron chi connectivity index (χ1n) is 12.9. The lowest BCUT2D eigenvalue weighted by Gasteiger charge is -2.45. The summed E-state index contributed by atoms with van der Waals surface area (Å²) in [6.07, 6.45) is -4.24. The van der Waals surface area contributed by atoms with Crippen LogP contribution in [0.25, 0.3) is 0 Å². The molecule has 1 fully saturated rings. The Balaban J connectivity index is 1.76. The van der Waals surface area contributed by atoms with Gasteiger partial charge in [0.25, 0.3) is 0 Å². The first-order chi connectivity index (χ1) is 18.9. The van der Waals surface area contributed by atoms with Crippen LogP contribution in [-0.4, -0.2) is 80.3 Å². The van der Waals surface area contributed by atoms with E-state index in [0.717, 1.165) is 7.11 Å². The summed E-state index contributed by atoms with van der Waals surface area (Å²) < 4.78 is 16.8. The van der Waals surface area contributed by atoms with Crippen LogP contribution in [0.3, 0.4) is 0 Å². The lowest BCUT2D eigenvalue weighted by Crippen LogP contribution is -2.52. The third kappa shape index (κ3) is 3.98. The van der Waals surface area contributed by atoms with Crippen LogP contribution < -0.4 is 5.73 Å². The summed E-state index contributed by atoms with van der Waals surface area (Å²) in [5.41, 5.74) is 1.96. The number of rotatable bonds is 4. The minimum Gasteiger partial charge on any atom is -0.507 e. The molecule has 1 saturated heterocycles. The lowest BCUT2D eigenvalue weighted by atomic mass is 9.66. The fourth-order valence-electron chi connectivity index (χ4n) is 6.13. The van der Waals surface area contributed by atoms with Crippen LogP contribution >= 0.6 is 0 Å². The monoisotopic (exact) mass is 557 g/mol. The minimum absolute atomic E-state index is 0.0207. The second kappa shape index (κ2) is 9.82. The van der Waals surface area contributed by atoms with Crippen molar-refractivity contribution in [3.8, 4) is 17.2 Å². The zero-order chi connectivity index (χ0) is 29.3. The molecule has 2 aromatic rings. The molecular formula is C28H31NO11. The first kappa shape index (κ1) is 28.0. The van der Waals surface area contributed by atoms with E-state index in [2.05, 4.69) is 0 Å². The van der Waals surface area contributed by atoms with Gasteiger partial charge in [-0.25, -0.2) is 0 Å². The molecule has 7 N–H and O–H groups in total. The lowest BCUT2D eigenvalue weighted by molar-refractivity contribution is -0.249. The van der Waals surface area contributed by atoms with Gasteiger partial charge in [0.1, 0.15) is 23.2 Å². The molecule has 214 valence electrons. The second-order valence-corrected chi connectivity index (χ2v) is 10.5. The highest BCUT2D eigenvalue weighted by Crippen LogP contribution is 2.57. The number of esters is 1. The van der Waals surface area contributed by atoms with E-state index >= 15 is 0 Å². The largest absolute Gasteiger partial charge is 0.507 e. The average molecular weight is 558 g/mol. The van der Waals surface area contributed by atoms with E-state index in [4.69, 9.17) is 19.9 Å². The van der Waals surface area contributed by atoms with E-state index in [1.54, 1.807) is 13.8 Å². The maximum absolute atomic E-state index is 13.6. The van der Waals surface area contributed by atoms with E-state index < -0.39 is 88.1 Å². The van der Waals surface area contributed by atoms with Crippen LogP contribution in [0.4, 0.5) is 0 Å². The number of carbonyl (C=O) groups is 3. The molecule has 12 nitrogen and oxygen atoms in total. The van der Waals surface area contributed by atoms with E-state index in [-0.39, 0.29) is 41.5 Å². The highest BCUT2D eigenvalue weighted by atomic mass is 16.7. The number of ether oxygens (including phenoxy) is 3. The van der Waals surface area contributed by atoms with Crippen molar-refractivity contribution in [1.82, 2.24) is 0 Å². The summed E-state index contributed by atoms with van der Waals surface area (Å²) in [5.74, 6) is -6.33. The van der Waals surface area contributed by atoms with Gasteiger partial charge in [0.2, 0.25) is 5.78 Å². The van der Waals surface area contributed by atoms with E-state index in [1.165, 1.54) is 18.2 Å². The second-order valence-electron chi connectivity index (χ2n) is 10.5. The van der Waals surface area contributed by atoms with Gasteiger partial charge in [-0.15, -0.1) is 0 Å². The van der Waals surface area contributed by atoms with Gasteiger partial charge in [-0.1, -0.05) is 19.1 Å². The highest BCUT2D eigenvalue weighted by Gasteiger charge is 2.54. The van der Waals surface area contributed by atoms with Gasteiger partial charge in [0, 0.05) is 35.6 Å². The standard InChI is InChI=1S/C28H31NO11/c1-4-28(37)9-14(40-15-8-12(29)22(31)10(2)39-15)17-18(21(28)27(36)38-3)26(35)19-20(25(17)34)24(33)16-11(23(19)32)6-5-7-13(16)30/h5-7,10,12,14-15,21-22,30-31,34-35,37H,4,8-9,29H2,1-3H3/t10-,12-,14-,15+,21+,22+,28+/m0/s1. The summed E-state index contributed by atoms with van der Waals surface area (Å²) in [6, 6.07) is 3.14. The number of ketones is 2. The van der Waals surface area contributed by atoms with Crippen LogP contribution in [-0.2, 0) is 19.0 Å². The Bertz CT molecular complexity index is 1410. The van der Waals surface area contributed by atoms with Crippen molar-refractivity contribution < 1.29 is 54.1 Å². The van der Waals surface area contributed by atoms with Crippen LogP contribution in [0.5, 0.6) is 17.2 Å². The number of aliphatic hydroxyl groups is 2. The number of hydrogen-bond acceptors (Lipinski definition) is 12. The molecule has 1 aliphatic heterocycles. The number of hydrogen-bond donors (Lipinski definition) is 6. The van der Waals surface area contributed by atoms with Crippen molar-refractivity contribution in [2.24, 2.45) is 5.73 Å². The molecule has 0 unspecified atom stereocenters. The van der Waals surface area contributed by atoms with Gasteiger partial charge in [0.05, 0.1) is 47.7 Å². The van der Waals surface area contributed by atoms with Gasteiger partial charge >= 0.3 is 5.97 Å². The van der Waals surface area contributed by atoms with Crippen molar-refractivity contribution in [3.05, 3.63) is 51.6 Å². The zero-order valence-corrected chi connectivity index (χ0v) is 22.1. The topological polar surface area (TPSA) is 206 Å². The van der Waals surface area contributed by atoms with E-state index in [9.17, 15) is 39.9 Å². The number of aliphatic hydroxyl groups excluding tert-OH is 1. The van der Waals surface area contributed by atoms with Crippen molar-refractivity contribution in [1.29, 1.82) is 0 Å². The van der Waals surface area contributed by atoms with Crippen LogP contribution in [0.15, 0.2) is 18.2 Å². The molecule has 0 spiro atoms. The number of benzene rings is 2. The number of phenolic OH excluding ortho intramolecular Hbond substituents is 3. The molecule has 0 aromatic heterocycles. The zero-order valence-electron chi connectivity index (χ0n) is 22.1. The Morgan fingerprint density at radius 1 is 1.10 bits per heavy atom. The molecule has 0 bridgehead atoms. The molecule has 7 atom stereocenters. The number of fused-ring (bicyclic) bond motifs is 3. The summed E-state index contributed by atoms with van der Waals surface area (Å²) in [4.78, 5) is 40.2. The van der Waals surface area contributed by atoms with Gasteiger partial charge in [-0.2, -0.15) is 0 Å². The average Bonchev–Trinajstić information content (AvgIpc) is 2.91. The SMILES string of the molecule is CC[C@@]1(O)C[C@H](O[C@@H]2C[C@H](N)[C@H](O)[C@H](C)O2)c2c(O)c3c(c(O)c2[C@@H]1C(=O)OC)C(=O)c1cccc(O)c1C3=O. The summed E-state index contributed by atoms with van der Waals surface area (Å²) in [5, 5.41) is 55.4. The molecule has 0 amide bonds. The maximum Gasteiger partial charge on any atom is 0.316 e. The number of nitrogens with two attached hydrogens (primary N) is 1. The van der Waals surface area contributed by atoms with Crippen LogP contribution in [0, 0.1) is 0 Å². The molecule has 5 rings (SSSR count). The normalized spacial score (nSPS) is 31.2. The summed E-state index contributed by atoms with van der Waals surface area (Å²) in [6.45, 7) is 3.20. The number of phenols is 3. The Morgan fingerprint density at radius 2 is 1.75 bits per heavy atom. The van der Waals surface area contributed by atoms with Crippen LogP contribution in [0.1, 0.15) is 88.1 Å². The Hall–Kier alpha value is -3.55. The molecule has 2 aliphatic carbocycles. The predicted octanol–water partition coefficient (Wildman–Crippen LogP) is 1.26. The Morgan fingerprint density at radius 3 is 2.38 bits per heavy atom. The summed E-state index contributed by atoms with van der Waals surface area (Å²) >= 11 is 0. The molecule has 40 heavy (non-hydrogen) atoms. The van der Waals surface area contributed by atoms with Gasteiger partial charge in [-0.3, -0.25) is 14.4 Å². The van der Waals surface area contributed by atoms with Gasteiger partial charge in [0.15, 0.2) is 12.1 Å². The maximum atomic E-state index is 13.6. The van der Waals surface area contributed by atoms with E-state index in [1.807, 2.05) is 0 Å². The van der Waals surface area contributed by atoms with Crippen molar-refractivity contribution in [3.63, 3.8) is 0 Å². The van der Waals surface area contributed by atoms with Crippen molar-refractivity contribution >= 4 is 17.5 Å². The molecule has 2 aromatic carbocycles.